The number of thiophene rings is 1. The van der Waals surface area contributed by atoms with Crippen LogP contribution in [0.2, 0.25) is 0 Å². The zero-order valence-electron chi connectivity index (χ0n) is 13.9. The van der Waals surface area contributed by atoms with Crippen LogP contribution in [0.4, 0.5) is 5.69 Å². The van der Waals surface area contributed by atoms with Crippen molar-refractivity contribution >= 4 is 29.1 Å². The van der Waals surface area contributed by atoms with Crippen molar-refractivity contribution in [1.82, 2.24) is 5.43 Å². The lowest BCUT2D eigenvalue weighted by Crippen LogP contribution is -2.17. The summed E-state index contributed by atoms with van der Waals surface area (Å²) >= 11 is 1.32. The first-order valence-electron chi connectivity index (χ1n) is 7.77. The monoisotopic (exact) mass is 365 g/mol. The molecule has 6 nitrogen and oxygen atoms in total. The molecule has 0 saturated carbocycles. The maximum Gasteiger partial charge on any atom is 0.282 e. The van der Waals surface area contributed by atoms with E-state index in [0.717, 1.165) is 16.7 Å². The quantitative estimate of drug-likeness (QED) is 0.413. The second-order valence-corrected chi connectivity index (χ2v) is 6.46. The Hall–Kier alpha value is -3.32. The predicted molar refractivity (Wildman–Crippen MR) is 103 cm³/mol. The van der Waals surface area contributed by atoms with Gasteiger partial charge in [0.15, 0.2) is 0 Å². The SMILES string of the molecule is Cc1ccc(-c2ccsc2C(=O)N/N=C\c2ccccc2[N+](=O)[O-])cc1. The summed E-state index contributed by atoms with van der Waals surface area (Å²) in [6, 6.07) is 16.0. The first kappa shape index (κ1) is 17.5. The lowest BCUT2D eigenvalue weighted by atomic mass is 10.1. The van der Waals surface area contributed by atoms with Gasteiger partial charge >= 0.3 is 0 Å². The smallest absolute Gasteiger partial charge is 0.266 e. The van der Waals surface area contributed by atoms with E-state index in [9.17, 15) is 14.9 Å². The van der Waals surface area contributed by atoms with Crippen molar-refractivity contribution in [3.8, 4) is 11.1 Å². The summed E-state index contributed by atoms with van der Waals surface area (Å²) in [7, 11) is 0. The Morgan fingerprint density at radius 3 is 2.62 bits per heavy atom. The van der Waals surface area contributed by atoms with Crippen LogP contribution >= 0.6 is 11.3 Å². The highest BCUT2D eigenvalue weighted by Crippen LogP contribution is 2.28. The van der Waals surface area contributed by atoms with Crippen molar-refractivity contribution in [3.05, 3.63) is 86.1 Å². The average Bonchev–Trinajstić information content (AvgIpc) is 3.12. The van der Waals surface area contributed by atoms with Gasteiger partial charge in [-0.15, -0.1) is 11.3 Å². The second kappa shape index (κ2) is 7.71. The predicted octanol–water partition coefficient (Wildman–Crippen LogP) is 4.40. The minimum atomic E-state index is -0.488. The number of rotatable bonds is 5. The van der Waals surface area contributed by atoms with E-state index in [1.54, 1.807) is 18.2 Å². The lowest BCUT2D eigenvalue weighted by molar-refractivity contribution is -0.385. The molecule has 3 aromatic rings. The van der Waals surface area contributed by atoms with E-state index in [2.05, 4.69) is 10.5 Å². The number of aryl methyl sites for hydroxylation is 1. The summed E-state index contributed by atoms with van der Waals surface area (Å²) in [5.74, 6) is -0.356. The minimum Gasteiger partial charge on any atom is -0.266 e. The number of benzene rings is 2. The molecule has 0 radical (unpaired) electrons. The molecule has 0 bridgehead atoms. The van der Waals surface area contributed by atoms with Gasteiger partial charge in [0.1, 0.15) is 4.88 Å². The molecule has 0 spiro atoms. The van der Waals surface area contributed by atoms with Gasteiger partial charge in [-0.05, 0) is 30.0 Å². The van der Waals surface area contributed by atoms with E-state index in [0.29, 0.717) is 10.4 Å². The van der Waals surface area contributed by atoms with E-state index in [4.69, 9.17) is 0 Å². The van der Waals surface area contributed by atoms with Crippen molar-refractivity contribution in [2.24, 2.45) is 5.10 Å². The topological polar surface area (TPSA) is 84.6 Å². The van der Waals surface area contributed by atoms with Gasteiger partial charge in [-0.25, -0.2) is 5.43 Å². The molecule has 0 saturated heterocycles. The Kier molecular flexibility index (Phi) is 5.19. The molecule has 0 aliphatic rings. The summed E-state index contributed by atoms with van der Waals surface area (Å²) in [5.41, 5.74) is 5.61. The zero-order chi connectivity index (χ0) is 18.5. The molecule has 0 aliphatic heterocycles. The van der Waals surface area contributed by atoms with Gasteiger partial charge in [0.25, 0.3) is 11.6 Å². The van der Waals surface area contributed by atoms with Crippen LogP contribution in [0.15, 0.2) is 65.1 Å². The summed E-state index contributed by atoms with van der Waals surface area (Å²) in [6.07, 6.45) is 1.27. The third kappa shape index (κ3) is 3.84. The van der Waals surface area contributed by atoms with Crippen LogP contribution in [0.1, 0.15) is 20.8 Å². The van der Waals surface area contributed by atoms with E-state index in [1.165, 1.54) is 23.6 Å². The fourth-order valence-electron chi connectivity index (χ4n) is 2.42. The van der Waals surface area contributed by atoms with Crippen LogP contribution in [-0.4, -0.2) is 17.0 Å². The highest BCUT2D eigenvalue weighted by molar-refractivity contribution is 7.12. The molecule has 1 aromatic heterocycles. The molecule has 0 unspecified atom stereocenters. The largest absolute Gasteiger partial charge is 0.282 e. The van der Waals surface area contributed by atoms with Crippen molar-refractivity contribution in [2.75, 3.05) is 0 Å². The number of carbonyl (C=O) groups excluding carboxylic acids is 1. The number of para-hydroxylation sites is 1. The normalized spacial score (nSPS) is 10.8. The highest BCUT2D eigenvalue weighted by Gasteiger charge is 2.14. The number of nitro groups is 1. The first-order chi connectivity index (χ1) is 12.6. The van der Waals surface area contributed by atoms with Crippen LogP contribution < -0.4 is 5.43 Å². The first-order valence-corrected chi connectivity index (χ1v) is 8.65. The van der Waals surface area contributed by atoms with Gasteiger partial charge in [0, 0.05) is 11.6 Å². The van der Waals surface area contributed by atoms with Crippen molar-refractivity contribution in [1.29, 1.82) is 0 Å². The van der Waals surface area contributed by atoms with Gasteiger partial charge < -0.3 is 0 Å². The fraction of sp³-hybridized carbons (Fsp3) is 0.0526. The molecule has 0 atom stereocenters. The van der Waals surface area contributed by atoms with Crippen molar-refractivity contribution in [2.45, 2.75) is 6.92 Å². The molecular weight excluding hydrogens is 350 g/mol. The zero-order valence-corrected chi connectivity index (χ0v) is 14.7. The average molecular weight is 365 g/mol. The standard InChI is InChI=1S/C19H15N3O3S/c1-13-6-8-14(9-7-13)16-10-11-26-18(16)19(23)21-20-12-15-4-2-3-5-17(15)22(24)25/h2-12H,1H3,(H,21,23)/b20-12-. The number of nitro benzene ring substituents is 1. The summed E-state index contributed by atoms with van der Waals surface area (Å²) in [4.78, 5) is 23.5. The van der Waals surface area contributed by atoms with Gasteiger partial charge in [-0.3, -0.25) is 14.9 Å². The van der Waals surface area contributed by atoms with E-state index in [1.807, 2.05) is 42.6 Å². The number of hydrazone groups is 1. The van der Waals surface area contributed by atoms with E-state index in [-0.39, 0.29) is 11.6 Å². The summed E-state index contributed by atoms with van der Waals surface area (Å²) in [5, 5.41) is 16.7. The number of hydrogen-bond acceptors (Lipinski definition) is 5. The van der Waals surface area contributed by atoms with Gasteiger partial charge in [0.2, 0.25) is 0 Å². The van der Waals surface area contributed by atoms with E-state index >= 15 is 0 Å². The maximum absolute atomic E-state index is 12.4. The number of amides is 1. The third-order valence-electron chi connectivity index (χ3n) is 3.74. The molecule has 2 aromatic carbocycles. The second-order valence-electron chi connectivity index (χ2n) is 5.54. The van der Waals surface area contributed by atoms with Gasteiger partial charge in [-0.2, -0.15) is 5.10 Å². The van der Waals surface area contributed by atoms with Crippen LogP contribution in [0.5, 0.6) is 0 Å². The maximum atomic E-state index is 12.4. The Bertz CT molecular complexity index is 978. The summed E-state index contributed by atoms with van der Waals surface area (Å²) in [6.45, 7) is 2.00. The van der Waals surface area contributed by atoms with Crippen molar-refractivity contribution in [3.63, 3.8) is 0 Å². The third-order valence-corrected chi connectivity index (χ3v) is 4.65. The van der Waals surface area contributed by atoms with Gasteiger partial charge in [0.05, 0.1) is 16.7 Å². The molecule has 26 heavy (non-hydrogen) atoms. The minimum absolute atomic E-state index is 0.0676. The molecule has 0 aliphatic carbocycles. The lowest BCUT2D eigenvalue weighted by Gasteiger charge is -2.04. The van der Waals surface area contributed by atoms with Crippen LogP contribution in [0, 0.1) is 17.0 Å². The summed E-state index contributed by atoms with van der Waals surface area (Å²) < 4.78 is 0. The Morgan fingerprint density at radius 1 is 1.15 bits per heavy atom. The number of nitrogens with one attached hydrogen (secondary N) is 1. The number of hydrogen-bond donors (Lipinski definition) is 1. The Morgan fingerprint density at radius 2 is 1.88 bits per heavy atom. The van der Waals surface area contributed by atoms with Crippen molar-refractivity contribution < 1.29 is 9.72 Å². The molecule has 7 heteroatoms. The number of nitrogens with zero attached hydrogens (tertiary/aromatic N) is 2. The van der Waals surface area contributed by atoms with E-state index < -0.39 is 4.92 Å². The molecule has 1 amide bonds. The molecular formula is C19H15N3O3S. The Balaban J connectivity index is 1.77. The number of carbonyl (C=O) groups is 1. The fourth-order valence-corrected chi connectivity index (χ4v) is 3.23. The van der Waals surface area contributed by atoms with Crippen LogP contribution in [-0.2, 0) is 0 Å². The molecule has 1 heterocycles. The highest BCUT2D eigenvalue weighted by atomic mass is 32.1. The van der Waals surface area contributed by atoms with Gasteiger partial charge in [-0.1, -0.05) is 42.0 Å². The molecule has 3 rings (SSSR count). The van der Waals surface area contributed by atoms with Crippen LogP contribution in [0.25, 0.3) is 11.1 Å². The Labute approximate surface area is 154 Å². The van der Waals surface area contributed by atoms with Crippen LogP contribution in [0.3, 0.4) is 0 Å². The molecule has 1 N–H and O–H groups in total. The molecule has 130 valence electrons. The molecule has 0 fully saturated rings.